The third-order valence-corrected chi connectivity index (χ3v) is 2.38. The first-order valence-corrected chi connectivity index (χ1v) is 5.76. The second kappa shape index (κ2) is 8.79. The Hall–Kier alpha value is -0.320. The van der Waals surface area contributed by atoms with Gasteiger partial charge in [-0.05, 0) is 5.92 Å². The molecule has 0 saturated carbocycles. The Morgan fingerprint density at radius 2 is 2.00 bits per heavy atom. The number of hydrogen-bond donors (Lipinski definition) is 1. The lowest BCUT2D eigenvalue weighted by atomic mass is 10.2. The number of carbonyl (C=O) groups is 1. The van der Waals surface area contributed by atoms with Gasteiger partial charge in [0.1, 0.15) is 0 Å². The van der Waals surface area contributed by atoms with E-state index in [1.54, 1.807) is 0 Å². The molecule has 1 amide bonds. The van der Waals surface area contributed by atoms with E-state index < -0.39 is 0 Å². The van der Waals surface area contributed by atoms with Gasteiger partial charge in [-0.3, -0.25) is 4.79 Å². The number of halogens is 1. The molecule has 0 aromatic carbocycles. The van der Waals surface area contributed by atoms with Crippen LogP contribution in [-0.4, -0.2) is 50.2 Å². The SMILES string of the molecule is CC(C)COCCC(=O)N1CCNCC1.Cl. The molecule has 96 valence electrons. The molecule has 1 aliphatic rings. The molecular formula is C11H23ClN2O2. The maximum absolute atomic E-state index is 11.7. The van der Waals surface area contributed by atoms with Crippen LogP contribution in [0.25, 0.3) is 0 Å². The number of piperazine rings is 1. The number of carbonyl (C=O) groups excluding carboxylic acids is 1. The van der Waals surface area contributed by atoms with Crippen molar-refractivity contribution in [1.82, 2.24) is 10.2 Å². The van der Waals surface area contributed by atoms with Gasteiger partial charge in [0.25, 0.3) is 0 Å². The third-order valence-electron chi connectivity index (χ3n) is 2.38. The van der Waals surface area contributed by atoms with E-state index in [9.17, 15) is 4.79 Å². The summed E-state index contributed by atoms with van der Waals surface area (Å²) < 4.78 is 5.39. The summed E-state index contributed by atoms with van der Waals surface area (Å²) in [6.07, 6.45) is 0.521. The lowest BCUT2D eigenvalue weighted by Crippen LogP contribution is -2.46. The van der Waals surface area contributed by atoms with Gasteiger partial charge in [0.2, 0.25) is 5.91 Å². The van der Waals surface area contributed by atoms with Gasteiger partial charge in [0.15, 0.2) is 0 Å². The average molecular weight is 251 g/mol. The van der Waals surface area contributed by atoms with E-state index in [4.69, 9.17) is 4.74 Å². The molecule has 1 fully saturated rings. The minimum atomic E-state index is 0. The molecule has 1 aliphatic heterocycles. The van der Waals surface area contributed by atoms with E-state index in [0.717, 1.165) is 32.8 Å². The highest BCUT2D eigenvalue weighted by Crippen LogP contribution is 1.99. The molecule has 1 rings (SSSR count). The Balaban J connectivity index is 0.00000225. The summed E-state index contributed by atoms with van der Waals surface area (Å²) in [5.41, 5.74) is 0. The summed E-state index contributed by atoms with van der Waals surface area (Å²) in [4.78, 5) is 13.6. The molecule has 16 heavy (non-hydrogen) atoms. The molecule has 0 spiro atoms. The third kappa shape index (κ3) is 6.30. The zero-order chi connectivity index (χ0) is 11.1. The molecular weight excluding hydrogens is 228 g/mol. The normalized spacial score (nSPS) is 16.1. The average Bonchev–Trinajstić information content (AvgIpc) is 2.25. The lowest BCUT2D eigenvalue weighted by Gasteiger charge is -2.27. The molecule has 0 radical (unpaired) electrons. The van der Waals surface area contributed by atoms with E-state index in [1.807, 2.05) is 4.90 Å². The van der Waals surface area contributed by atoms with Crippen molar-refractivity contribution in [2.24, 2.45) is 5.92 Å². The fourth-order valence-electron chi connectivity index (χ4n) is 1.55. The van der Waals surface area contributed by atoms with E-state index in [0.29, 0.717) is 18.9 Å². The first-order valence-electron chi connectivity index (χ1n) is 5.76. The van der Waals surface area contributed by atoms with Crippen LogP contribution >= 0.6 is 12.4 Å². The highest BCUT2D eigenvalue weighted by atomic mass is 35.5. The van der Waals surface area contributed by atoms with Crippen molar-refractivity contribution >= 4 is 18.3 Å². The van der Waals surface area contributed by atoms with Crippen molar-refractivity contribution in [3.8, 4) is 0 Å². The van der Waals surface area contributed by atoms with Gasteiger partial charge in [0.05, 0.1) is 13.0 Å². The van der Waals surface area contributed by atoms with Gasteiger partial charge in [-0.2, -0.15) is 0 Å². The minimum absolute atomic E-state index is 0. The van der Waals surface area contributed by atoms with Crippen molar-refractivity contribution in [2.45, 2.75) is 20.3 Å². The van der Waals surface area contributed by atoms with Crippen LogP contribution in [-0.2, 0) is 9.53 Å². The van der Waals surface area contributed by atoms with Crippen LogP contribution in [0.5, 0.6) is 0 Å². The van der Waals surface area contributed by atoms with Gasteiger partial charge in [-0.15, -0.1) is 12.4 Å². The Labute approximate surface area is 104 Å². The summed E-state index contributed by atoms with van der Waals surface area (Å²) >= 11 is 0. The Kier molecular flexibility index (Phi) is 8.61. The number of nitrogens with zero attached hydrogens (tertiary/aromatic N) is 1. The molecule has 0 bridgehead atoms. The van der Waals surface area contributed by atoms with Gasteiger partial charge < -0.3 is 15.0 Å². The van der Waals surface area contributed by atoms with Crippen LogP contribution < -0.4 is 5.32 Å². The first kappa shape index (κ1) is 15.7. The largest absolute Gasteiger partial charge is 0.381 e. The lowest BCUT2D eigenvalue weighted by molar-refractivity contribution is -0.133. The molecule has 0 unspecified atom stereocenters. The van der Waals surface area contributed by atoms with E-state index in [-0.39, 0.29) is 18.3 Å². The predicted octanol–water partition coefficient (Wildman–Crippen LogP) is 0.903. The number of hydrogen-bond acceptors (Lipinski definition) is 3. The quantitative estimate of drug-likeness (QED) is 0.738. The van der Waals surface area contributed by atoms with Crippen molar-refractivity contribution in [1.29, 1.82) is 0 Å². The maximum Gasteiger partial charge on any atom is 0.224 e. The number of nitrogens with one attached hydrogen (secondary N) is 1. The van der Waals surface area contributed by atoms with E-state index >= 15 is 0 Å². The second-order valence-corrected chi connectivity index (χ2v) is 4.35. The van der Waals surface area contributed by atoms with Crippen LogP contribution in [0.1, 0.15) is 20.3 Å². The molecule has 0 aliphatic carbocycles. The minimum Gasteiger partial charge on any atom is -0.381 e. The van der Waals surface area contributed by atoms with Gasteiger partial charge in [-0.1, -0.05) is 13.8 Å². The van der Waals surface area contributed by atoms with Crippen LogP contribution in [0, 0.1) is 5.92 Å². The van der Waals surface area contributed by atoms with Crippen molar-refractivity contribution in [2.75, 3.05) is 39.4 Å². The number of ether oxygens (including phenoxy) is 1. The molecule has 1 heterocycles. The molecule has 5 heteroatoms. The molecule has 0 atom stereocenters. The monoisotopic (exact) mass is 250 g/mol. The molecule has 1 saturated heterocycles. The standard InChI is InChI=1S/C11H22N2O2.ClH/c1-10(2)9-15-8-3-11(14)13-6-4-12-5-7-13;/h10,12H,3-9H2,1-2H3;1H. The highest BCUT2D eigenvalue weighted by molar-refractivity contribution is 5.85. The summed E-state index contributed by atoms with van der Waals surface area (Å²) in [6.45, 7) is 9.02. The molecule has 0 aromatic rings. The smallest absolute Gasteiger partial charge is 0.224 e. The van der Waals surface area contributed by atoms with Crippen LogP contribution in [0.3, 0.4) is 0 Å². The first-order chi connectivity index (χ1) is 7.20. The predicted molar refractivity (Wildman–Crippen MR) is 67.0 cm³/mol. The zero-order valence-electron chi connectivity index (χ0n) is 10.2. The van der Waals surface area contributed by atoms with Gasteiger partial charge >= 0.3 is 0 Å². The number of amides is 1. The summed E-state index contributed by atoms with van der Waals surface area (Å²) in [5.74, 6) is 0.763. The second-order valence-electron chi connectivity index (χ2n) is 4.35. The van der Waals surface area contributed by atoms with Crippen LogP contribution in [0.4, 0.5) is 0 Å². The highest BCUT2D eigenvalue weighted by Gasteiger charge is 2.15. The Morgan fingerprint density at radius 1 is 1.38 bits per heavy atom. The van der Waals surface area contributed by atoms with Crippen molar-refractivity contribution in [3.05, 3.63) is 0 Å². The Morgan fingerprint density at radius 3 is 2.56 bits per heavy atom. The number of rotatable bonds is 5. The molecule has 0 aromatic heterocycles. The Bertz CT molecular complexity index is 194. The van der Waals surface area contributed by atoms with Crippen LogP contribution in [0.15, 0.2) is 0 Å². The van der Waals surface area contributed by atoms with E-state index in [1.165, 1.54) is 0 Å². The fraction of sp³-hybridized carbons (Fsp3) is 0.909. The summed E-state index contributed by atoms with van der Waals surface area (Å²) in [5, 5.41) is 3.23. The van der Waals surface area contributed by atoms with Gasteiger partial charge in [-0.25, -0.2) is 0 Å². The maximum atomic E-state index is 11.7. The van der Waals surface area contributed by atoms with Crippen molar-refractivity contribution < 1.29 is 9.53 Å². The van der Waals surface area contributed by atoms with Crippen LogP contribution in [0.2, 0.25) is 0 Å². The topological polar surface area (TPSA) is 41.6 Å². The van der Waals surface area contributed by atoms with E-state index in [2.05, 4.69) is 19.2 Å². The summed E-state index contributed by atoms with van der Waals surface area (Å²) in [7, 11) is 0. The molecule has 4 nitrogen and oxygen atoms in total. The van der Waals surface area contributed by atoms with Gasteiger partial charge in [0, 0.05) is 32.8 Å². The molecule has 1 N–H and O–H groups in total. The zero-order valence-corrected chi connectivity index (χ0v) is 11.0. The van der Waals surface area contributed by atoms with Crippen molar-refractivity contribution in [3.63, 3.8) is 0 Å². The summed E-state index contributed by atoms with van der Waals surface area (Å²) in [6, 6.07) is 0. The fourth-order valence-corrected chi connectivity index (χ4v) is 1.55.